The average molecular weight is 247 g/mol. The van der Waals surface area contributed by atoms with E-state index in [9.17, 15) is 4.79 Å². The SMILES string of the molecule is C[C@H]1C[C@@H](OC(=O)c2cccnc2)CC(C)(C)C1. The van der Waals surface area contributed by atoms with E-state index in [0.29, 0.717) is 11.5 Å². The molecule has 1 aliphatic rings. The van der Waals surface area contributed by atoms with Gasteiger partial charge < -0.3 is 4.74 Å². The van der Waals surface area contributed by atoms with Crippen molar-refractivity contribution in [3.63, 3.8) is 0 Å². The van der Waals surface area contributed by atoms with Crippen LogP contribution in [0.2, 0.25) is 0 Å². The molecule has 1 fully saturated rings. The first kappa shape index (κ1) is 13.1. The molecule has 2 rings (SSSR count). The van der Waals surface area contributed by atoms with Crippen molar-refractivity contribution in [2.45, 2.75) is 46.1 Å². The van der Waals surface area contributed by atoms with Gasteiger partial charge in [0.15, 0.2) is 0 Å². The highest BCUT2D eigenvalue weighted by atomic mass is 16.5. The van der Waals surface area contributed by atoms with E-state index in [4.69, 9.17) is 4.74 Å². The van der Waals surface area contributed by atoms with Crippen molar-refractivity contribution >= 4 is 5.97 Å². The number of esters is 1. The molecule has 18 heavy (non-hydrogen) atoms. The molecule has 1 heterocycles. The Labute approximate surface area is 109 Å². The molecule has 0 saturated heterocycles. The molecule has 0 aliphatic heterocycles. The molecule has 1 aliphatic carbocycles. The fourth-order valence-corrected chi connectivity index (χ4v) is 3.05. The van der Waals surface area contributed by atoms with Crippen molar-refractivity contribution < 1.29 is 9.53 Å². The van der Waals surface area contributed by atoms with Crippen LogP contribution in [0.25, 0.3) is 0 Å². The van der Waals surface area contributed by atoms with E-state index < -0.39 is 0 Å². The molecule has 3 heteroatoms. The fraction of sp³-hybridized carbons (Fsp3) is 0.600. The Bertz CT molecular complexity index is 414. The maximum atomic E-state index is 12.0. The zero-order valence-electron chi connectivity index (χ0n) is 11.3. The molecule has 3 nitrogen and oxygen atoms in total. The fourth-order valence-electron chi connectivity index (χ4n) is 3.05. The van der Waals surface area contributed by atoms with Crippen molar-refractivity contribution in [3.05, 3.63) is 30.1 Å². The summed E-state index contributed by atoms with van der Waals surface area (Å²) >= 11 is 0. The Morgan fingerprint density at radius 3 is 2.83 bits per heavy atom. The van der Waals surface area contributed by atoms with Gasteiger partial charge in [0.25, 0.3) is 0 Å². The zero-order chi connectivity index (χ0) is 13.2. The van der Waals surface area contributed by atoms with Gasteiger partial charge in [-0.25, -0.2) is 4.79 Å². The Morgan fingerprint density at radius 1 is 1.44 bits per heavy atom. The largest absolute Gasteiger partial charge is 0.459 e. The van der Waals surface area contributed by atoms with Crippen LogP contribution in [0.1, 0.15) is 50.4 Å². The Kier molecular flexibility index (Phi) is 3.69. The molecule has 0 unspecified atom stereocenters. The second kappa shape index (κ2) is 5.09. The third-order valence-corrected chi connectivity index (χ3v) is 3.52. The maximum absolute atomic E-state index is 12.0. The standard InChI is InChI=1S/C15H21NO2/c1-11-7-13(9-15(2,3)8-11)18-14(17)12-5-4-6-16-10-12/h4-6,10-11,13H,7-9H2,1-3H3/t11-,13+/m0/s1. The van der Waals surface area contributed by atoms with Crippen LogP contribution in [0.3, 0.4) is 0 Å². The molecular formula is C15H21NO2. The minimum absolute atomic E-state index is 0.0384. The molecule has 1 saturated carbocycles. The molecular weight excluding hydrogens is 226 g/mol. The number of hydrogen-bond donors (Lipinski definition) is 0. The van der Waals surface area contributed by atoms with Crippen molar-refractivity contribution in [2.75, 3.05) is 0 Å². The van der Waals surface area contributed by atoms with Crippen LogP contribution in [0.5, 0.6) is 0 Å². The number of nitrogens with zero attached hydrogens (tertiary/aromatic N) is 1. The zero-order valence-corrected chi connectivity index (χ0v) is 11.3. The first-order valence-corrected chi connectivity index (χ1v) is 6.57. The van der Waals surface area contributed by atoms with Gasteiger partial charge in [-0.05, 0) is 42.7 Å². The second-order valence-electron chi connectivity index (χ2n) is 6.18. The number of rotatable bonds is 2. The van der Waals surface area contributed by atoms with Gasteiger partial charge in [0.05, 0.1) is 5.56 Å². The Balaban J connectivity index is 1.99. The van der Waals surface area contributed by atoms with Gasteiger partial charge in [0.2, 0.25) is 0 Å². The molecule has 2 atom stereocenters. The number of carbonyl (C=O) groups excluding carboxylic acids is 1. The summed E-state index contributed by atoms with van der Waals surface area (Å²) in [5.41, 5.74) is 0.797. The highest BCUT2D eigenvalue weighted by Gasteiger charge is 2.34. The predicted molar refractivity (Wildman–Crippen MR) is 70.2 cm³/mol. The van der Waals surface area contributed by atoms with Crippen LogP contribution in [0.15, 0.2) is 24.5 Å². The third-order valence-electron chi connectivity index (χ3n) is 3.52. The molecule has 0 amide bonds. The van der Waals surface area contributed by atoms with Crippen LogP contribution < -0.4 is 0 Å². The number of pyridine rings is 1. The van der Waals surface area contributed by atoms with Gasteiger partial charge in [-0.2, -0.15) is 0 Å². The first-order chi connectivity index (χ1) is 8.46. The molecule has 0 N–H and O–H groups in total. The summed E-state index contributed by atoms with van der Waals surface area (Å²) in [6, 6.07) is 3.50. The van der Waals surface area contributed by atoms with E-state index in [1.54, 1.807) is 24.5 Å². The normalized spacial score (nSPS) is 26.6. The highest BCUT2D eigenvalue weighted by Crippen LogP contribution is 2.39. The van der Waals surface area contributed by atoms with Crippen LogP contribution in [0, 0.1) is 11.3 Å². The monoisotopic (exact) mass is 247 g/mol. The predicted octanol–water partition coefficient (Wildman–Crippen LogP) is 3.45. The van der Waals surface area contributed by atoms with Crippen LogP contribution in [-0.2, 0) is 4.74 Å². The van der Waals surface area contributed by atoms with Gasteiger partial charge in [-0.1, -0.05) is 20.8 Å². The summed E-state index contributed by atoms with van der Waals surface area (Å²) in [7, 11) is 0. The van der Waals surface area contributed by atoms with E-state index in [0.717, 1.165) is 12.8 Å². The summed E-state index contributed by atoms with van der Waals surface area (Å²) in [4.78, 5) is 15.9. The van der Waals surface area contributed by atoms with Gasteiger partial charge in [-0.3, -0.25) is 4.98 Å². The van der Waals surface area contributed by atoms with Gasteiger partial charge >= 0.3 is 5.97 Å². The molecule has 0 radical (unpaired) electrons. The van der Waals surface area contributed by atoms with Crippen molar-refractivity contribution in [3.8, 4) is 0 Å². The van der Waals surface area contributed by atoms with Crippen LogP contribution >= 0.6 is 0 Å². The highest BCUT2D eigenvalue weighted by molar-refractivity contribution is 5.89. The number of hydrogen-bond acceptors (Lipinski definition) is 3. The lowest BCUT2D eigenvalue weighted by Crippen LogP contribution is -2.34. The number of ether oxygens (including phenoxy) is 1. The molecule has 0 aromatic carbocycles. The minimum Gasteiger partial charge on any atom is -0.459 e. The van der Waals surface area contributed by atoms with Crippen molar-refractivity contribution in [1.82, 2.24) is 4.98 Å². The maximum Gasteiger partial charge on any atom is 0.339 e. The van der Waals surface area contributed by atoms with Crippen molar-refractivity contribution in [1.29, 1.82) is 0 Å². The first-order valence-electron chi connectivity index (χ1n) is 6.57. The molecule has 0 spiro atoms. The van der Waals surface area contributed by atoms with E-state index in [2.05, 4.69) is 25.8 Å². The molecule has 1 aromatic heterocycles. The lowest BCUT2D eigenvalue weighted by atomic mass is 9.71. The number of aromatic nitrogens is 1. The molecule has 1 aromatic rings. The summed E-state index contributed by atoms with van der Waals surface area (Å²) in [6.45, 7) is 6.72. The van der Waals surface area contributed by atoms with Crippen molar-refractivity contribution in [2.24, 2.45) is 11.3 Å². The number of carbonyl (C=O) groups is 1. The topological polar surface area (TPSA) is 39.2 Å². The van der Waals surface area contributed by atoms with E-state index in [-0.39, 0.29) is 17.5 Å². The average Bonchev–Trinajstić information content (AvgIpc) is 2.27. The van der Waals surface area contributed by atoms with Crippen LogP contribution in [-0.4, -0.2) is 17.1 Å². The molecule has 0 bridgehead atoms. The van der Waals surface area contributed by atoms with Crippen LogP contribution in [0.4, 0.5) is 0 Å². The van der Waals surface area contributed by atoms with E-state index >= 15 is 0 Å². The summed E-state index contributed by atoms with van der Waals surface area (Å²) in [5.74, 6) is 0.360. The Hall–Kier alpha value is -1.38. The lowest BCUT2D eigenvalue weighted by Gasteiger charge is -2.38. The minimum atomic E-state index is -0.252. The van der Waals surface area contributed by atoms with E-state index in [1.807, 2.05) is 0 Å². The summed E-state index contributed by atoms with van der Waals surface area (Å²) < 4.78 is 5.60. The van der Waals surface area contributed by atoms with E-state index in [1.165, 1.54) is 6.42 Å². The smallest absolute Gasteiger partial charge is 0.339 e. The summed E-state index contributed by atoms with van der Waals surface area (Å²) in [6.07, 6.45) is 6.37. The lowest BCUT2D eigenvalue weighted by molar-refractivity contribution is -0.00717. The molecule has 98 valence electrons. The summed E-state index contributed by atoms with van der Waals surface area (Å²) in [5, 5.41) is 0. The Morgan fingerprint density at radius 2 is 2.22 bits per heavy atom. The van der Waals surface area contributed by atoms with Gasteiger partial charge in [-0.15, -0.1) is 0 Å². The third kappa shape index (κ3) is 3.31. The van der Waals surface area contributed by atoms with Gasteiger partial charge in [0.1, 0.15) is 6.10 Å². The quantitative estimate of drug-likeness (QED) is 0.751. The van der Waals surface area contributed by atoms with Gasteiger partial charge in [0, 0.05) is 12.4 Å². The second-order valence-corrected chi connectivity index (χ2v) is 6.18.